The maximum Gasteiger partial charge on any atom is 0.270 e. The molecule has 184 valence electrons. The number of hydrogen-bond acceptors (Lipinski definition) is 5. The molecule has 0 radical (unpaired) electrons. The van der Waals surface area contributed by atoms with Gasteiger partial charge in [-0.25, -0.2) is 4.98 Å². The molecule has 3 aromatic heterocycles. The molecule has 1 aliphatic rings. The second kappa shape index (κ2) is 10.6. The van der Waals surface area contributed by atoms with Crippen LogP contribution in [0.3, 0.4) is 0 Å². The third kappa shape index (κ3) is 5.31. The lowest BCUT2D eigenvalue weighted by molar-refractivity contribution is -0.119. The number of pyridine rings is 1. The molecular weight excluding hydrogens is 449 g/mol. The number of carbonyl (C=O) groups excluding carboxylic acids is 2. The van der Waals surface area contributed by atoms with Gasteiger partial charge >= 0.3 is 0 Å². The molecule has 0 bridgehead atoms. The molecule has 1 saturated carbocycles. The number of aromatic amines is 1. The number of hydrogen-bond donors (Lipinski definition) is 3. The Morgan fingerprint density at radius 2 is 2.03 bits per heavy atom. The highest BCUT2D eigenvalue weighted by atomic mass is 19.1. The van der Waals surface area contributed by atoms with Crippen molar-refractivity contribution >= 4 is 17.6 Å². The highest BCUT2D eigenvalue weighted by Gasteiger charge is 2.32. The zero-order valence-electron chi connectivity index (χ0n) is 20.0. The summed E-state index contributed by atoms with van der Waals surface area (Å²) in [6.45, 7) is 7.65. The van der Waals surface area contributed by atoms with Crippen LogP contribution in [0.2, 0.25) is 0 Å². The standard InChI is InChI=1S/C25H30FN7O2/c1-4-14-33-19(12-13-27-33)24(34)30-22(17-8-6-5-7-9-17)25(35)29-20-11-10-18(23(26)28-20)21-15(2)31-32-16(21)3/h4,10-13,17,22H,1,5-9,14H2,2-3H3,(H,30,34)(H,31,32)(H,28,29,35)/t22-/m0/s1. The number of carbonyl (C=O) groups is 2. The molecule has 1 fully saturated rings. The Labute approximate surface area is 203 Å². The van der Waals surface area contributed by atoms with Crippen molar-refractivity contribution in [3.8, 4) is 11.1 Å². The zero-order chi connectivity index (χ0) is 24.9. The monoisotopic (exact) mass is 479 g/mol. The first kappa shape index (κ1) is 24.3. The fourth-order valence-electron chi connectivity index (χ4n) is 4.72. The van der Waals surface area contributed by atoms with Crippen LogP contribution >= 0.6 is 0 Å². The number of amides is 2. The first-order valence-electron chi connectivity index (χ1n) is 11.8. The summed E-state index contributed by atoms with van der Waals surface area (Å²) in [5, 5.41) is 16.7. The summed E-state index contributed by atoms with van der Waals surface area (Å²) in [5.74, 6) is -1.46. The van der Waals surface area contributed by atoms with Crippen LogP contribution in [0, 0.1) is 25.7 Å². The van der Waals surface area contributed by atoms with Gasteiger partial charge in [0.05, 0.1) is 12.2 Å². The van der Waals surface area contributed by atoms with E-state index in [0.29, 0.717) is 29.1 Å². The lowest BCUT2D eigenvalue weighted by atomic mass is 9.83. The second-order valence-electron chi connectivity index (χ2n) is 8.87. The van der Waals surface area contributed by atoms with Crippen LogP contribution in [-0.2, 0) is 11.3 Å². The minimum Gasteiger partial charge on any atom is -0.339 e. The molecular formula is C25H30FN7O2. The maximum atomic E-state index is 14.9. The van der Waals surface area contributed by atoms with Crippen molar-refractivity contribution in [3.05, 3.63) is 60.1 Å². The molecule has 10 heteroatoms. The average Bonchev–Trinajstić information content (AvgIpc) is 3.44. The Morgan fingerprint density at radius 1 is 1.26 bits per heavy atom. The highest BCUT2D eigenvalue weighted by molar-refractivity contribution is 6.00. The minimum absolute atomic E-state index is 0.0242. The summed E-state index contributed by atoms with van der Waals surface area (Å²) in [6, 6.07) is 3.95. The van der Waals surface area contributed by atoms with E-state index in [1.54, 1.807) is 31.2 Å². The number of rotatable bonds is 8. The smallest absolute Gasteiger partial charge is 0.270 e. The molecule has 3 aromatic rings. The number of H-pyrrole nitrogens is 1. The molecule has 9 nitrogen and oxygen atoms in total. The van der Waals surface area contributed by atoms with Crippen molar-refractivity contribution in [1.82, 2.24) is 30.3 Å². The maximum absolute atomic E-state index is 14.9. The molecule has 1 aliphatic carbocycles. The number of aromatic nitrogens is 5. The predicted molar refractivity (Wildman–Crippen MR) is 130 cm³/mol. The Kier molecular flexibility index (Phi) is 7.38. The van der Waals surface area contributed by atoms with E-state index >= 15 is 0 Å². The molecule has 1 atom stereocenters. The van der Waals surface area contributed by atoms with Gasteiger partial charge in [-0.2, -0.15) is 14.6 Å². The Hall–Kier alpha value is -3.82. The van der Waals surface area contributed by atoms with Gasteiger partial charge in [-0.3, -0.25) is 19.4 Å². The SMILES string of the molecule is C=CCn1nccc1C(=O)N[C@H](C(=O)Nc1ccc(-c2c(C)n[nH]c2C)c(F)n1)C1CCCCC1. The van der Waals surface area contributed by atoms with Crippen molar-refractivity contribution in [3.63, 3.8) is 0 Å². The lowest BCUT2D eigenvalue weighted by Crippen LogP contribution is -2.49. The third-order valence-electron chi connectivity index (χ3n) is 6.44. The van der Waals surface area contributed by atoms with E-state index in [9.17, 15) is 14.0 Å². The van der Waals surface area contributed by atoms with Gasteiger partial charge in [0.25, 0.3) is 5.91 Å². The van der Waals surface area contributed by atoms with Crippen LogP contribution in [0.1, 0.15) is 54.0 Å². The predicted octanol–water partition coefficient (Wildman–Crippen LogP) is 3.93. The van der Waals surface area contributed by atoms with Gasteiger partial charge < -0.3 is 10.6 Å². The van der Waals surface area contributed by atoms with E-state index < -0.39 is 23.8 Å². The number of anilines is 1. The topological polar surface area (TPSA) is 118 Å². The van der Waals surface area contributed by atoms with Crippen LogP contribution in [0.25, 0.3) is 11.1 Å². The number of allylic oxidation sites excluding steroid dienone is 1. The van der Waals surface area contributed by atoms with E-state index in [-0.39, 0.29) is 11.7 Å². The van der Waals surface area contributed by atoms with E-state index in [2.05, 4.69) is 37.5 Å². The summed E-state index contributed by atoms with van der Waals surface area (Å²) >= 11 is 0. The summed E-state index contributed by atoms with van der Waals surface area (Å²) in [6.07, 6.45) is 7.91. The Morgan fingerprint density at radius 3 is 2.69 bits per heavy atom. The van der Waals surface area contributed by atoms with E-state index in [1.807, 2.05) is 6.92 Å². The molecule has 0 aliphatic heterocycles. The van der Waals surface area contributed by atoms with Gasteiger partial charge in [0.1, 0.15) is 17.6 Å². The highest BCUT2D eigenvalue weighted by Crippen LogP contribution is 2.29. The van der Waals surface area contributed by atoms with Crippen LogP contribution in [0.4, 0.5) is 10.2 Å². The van der Waals surface area contributed by atoms with Crippen molar-refractivity contribution < 1.29 is 14.0 Å². The van der Waals surface area contributed by atoms with Crippen LogP contribution in [0.15, 0.2) is 37.1 Å². The van der Waals surface area contributed by atoms with Crippen LogP contribution in [-0.4, -0.2) is 42.8 Å². The molecule has 0 unspecified atom stereocenters. The quantitative estimate of drug-likeness (QED) is 0.334. The summed E-state index contributed by atoms with van der Waals surface area (Å²) < 4.78 is 16.4. The van der Waals surface area contributed by atoms with E-state index in [1.165, 1.54) is 10.9 Å². The molecule has 2 amide bonds. The molecule has 3 N–H and O–H groups in total. The molecule has 35 heavy (non-hydrogen) atoms. The Balaban J connectivity index is 1.54. The average molecular weight is 480 g/mol. The molecule has 0 aromatic carbocycles. The first-order valence-corrected chi connectivity index (χ1v) is 11.8. The minimum atomic E-state index is -0.780. The number of nitrogens with one attached hydrogen (secondary N) is 3. The fourth-order valence-corrected chi connectivity index (χ4v) is 4.72. The van der Waals surface area contributed by atoms with Gasteiger partial charge in [-0.1, -0.05) is 25.3 Å². The fraction of sp³-hybridized carbons (Fsp3) is 0.400. The van der Waals surface area contributed by atoms with E-state index in [4.69, 9.17) is 0 Å². The summed E-state index contributed by atoms with van der Waals surface area (Å²) in [7, 11) is 0. The molecule has 0 saturated heterocycles. The van der Waals surface area contributed by atoms with Gasteiger partial charge in [-0.15, -0.1) is 6.58 Å². The van der Waals surface area contributed by atoms with Crippen molar-refractivity contribution in [1.29, 1.82) is 0 Å². The lowest BCUT2D eigenvalue weighted by Gasteiger charge is -2.30. The van der Waals surface area contributed by atoms with Crippen molar-refractivity contribution in [2.75, 3.05) is 5.32 Å². The summed E-state index contributed by atoms with van der Waals surface area (Å²) in [4.78, 5) is 30.3. The van der Waals surface area contributed by atoms with Crippen LogP contribution in [0.5, 0.6) is 0 Å². The van der Waals surface area contributed by atoms with E-state index in [0.717, 1.165) is 37.8 Å². The number of halogens is 1. The van der Waals surface area contributed by atoms with Gasteiger partial charge in [0, 0.05) is 23.0 Å². The summed E-state index contributed by atoms with van der Waals surface area (Å²) in [5.41, 5.74) is 2.69. The largest absolute Gasteiger partial charge is 0.339 e. The van der Waals surface area contributed by atoms with Crippen molar-refractivity contribution in [2.45, 2.75) is 58.5 Å². The van der Waals surface area contributed by atoms with Gasteiger partial charge in [0.15, 0.2) is 0 Å². The van der Waals surface area contributed by atoms with Crippen LogP contribution < -0.4 is 10.6 Å². The van der Waals surface area contributed by atoms with Gasteiger partial charge in [0.2, 0.25) is 11.9 Å². The Bertz CT molecular complexity index is 1210. The molecule has 4 rings (SSSR count). The van der Waals surface area contributed by atoms with Crippen molar-refractivity contribution in [2.24, 2.45) is 5.92 Å². The first-order chi connectivity index (χ1) is 16.9. The van der Waals surface area contributed by atoms with Gasteiger partial charge in [-0.05, 0) is 50.8 Å². The molecule has 0 spiro atoms. The second-order valence-corrected chi connectivity index (χ2v) is 8.87. The normalized spacial score (nSPS) is 14.9. The zero-order valence-corrected chi connectivity index (χ0v) is 20.0. The number of nitrogens with zero attached hydrogens (tertiary/aromatic N) is 4. The third-order valence-corrected chi connectivity index (χ3v) is 6.44. The number of aryl methyl sites for hydroxylation is 2. The molecule has 3 heterocycles.